The maximum Gasteiger partial charge on any atom is 0.433 e. The zero-order valence-corrected chi connectivity index (χ0v) is 19.1. The van der Waals surface area contributed by atoms with Crippen LogP contribution in [0.2, 0.25) is 0 Å². The Morgan fingerprint density at radius 2 is 1.97 bits per heavy atom. The minimum Gasteiger partial charge on any atom is -0.481 e. The van der Waals surface area contributed by atoms with Crippen molar-refractivity contribution >= 4 is 28.9 Å². The monoisotopic (exact) mass is 493 g/mol. The Kier molecular flexibility index (Phi) is 6.30. The molecule has 3 aromatic rings. The van der Waals surface area contributed by atoms with Crippen LogP contribution in [0, 0.1) is 18.8 Å². The van der Waals surface area contributed by atoms with Crippen molar-refractivity contribution in [1.82, 2.24) is 19.9 Å². The Morgan fingerprint density at radius 1 is 1.21 bits per heavy atom. The van der Waals surface area contributed by atoms with Crippen LogP contribution in [0.1, 0.15) is 42.5 Å². The zero-order chi connectivity index (χ0) is 24.7. The first-order chi connectivity index (χ1) is 15.9. The number of halogens is 3. The Morgan fingerprint density at radius 3 is 2.65 bits per heavy atom. The molecule has 3 atom stereocenters. The smallest absolute Gasteiger partial charge is 0.433 e. The average Bonchev–Trinajstić information content (AvgIpc) is 3.24. The van der Waals surface area contributed by atoms with E-state index in [-0.39, 0.29) is 11.7 Å². The standard InChI is InChI=1S/C22H22F3N5O3S/c1-11-5-14(29-18(6-11)30-17-7-16(22(23,24)25)27-10-28-17)15-9-26-20(34-15)21(33)4-3-13(19(31)32)12(2)8-21/h5-7,9-10,12-13,33H,3-4,8H2,1-2H3,(H,31,32)(H,27,28,29,30)/t12-,13?,21-/m1/s1. The normalized spacial score (nSPS) is 23.0. The number of aliphatic carboxylic acids is 1. The summed E-state index contributed by atoms with van der Waals surface area (Å²) in [5.74, 6) is -1.30. The van der Waals surface area contributed by atoms with Gasteiger partial charge < -0.3 is 15.5 Å². The fourth-order valence-electron chi connectivity index (χ4n) is 4.19. The Hall–Kier alpha value is -3.12. The molecule has 0 amide bonds. The van der Waals surface area contributed by atoms with E-state index in [1.54, 1.807) is 18.3 Å². The van der Waals surface area contributed by atoms with E-state index in [1.807, 2.05) is 13.8 Å². The van der Waals surface area contributed by atoms with Gasteiger partial charge in [-0.3, -0.25) is 4.79 Å². The second-order valence-electron chi connectivity index (χ2n) is 8.55. The quantitative estimate of drug-likeness (QED) is 0.465. The van der Waals surface area contributed by atoms with Gasteiger partial charge in [-0.15, -0.1) is 11.3 Å². The van der Waals surface area contributed by atoms with E-state index in [9.17, 15) is 28.2 Å². The number of nitrogens with zero attached hydrogens (tertiary/aromatic N) is 4. The molecule has 180 valence electrons. The number of hydrogen-bond acceptors (Lipinski definition) is 8. The van der Waals surface area contributed by atoms with Crippen molar-refractivity contribution in [2.24, 2.45) is 11.8 Å². The third-order valence-electron chi connectivity index (χ3n) is 5.87. The van der Waals surface area contributed by atoms with Gasteiger partial charge in [-0.25, -0.2) is 19.9 Å². The Labute approximate surface area is 197 Å². The third-order valence-corrected chi connectivity index (χ3v) is 7.09. The molecule has 3 aromatic heterocycles. The second kappa shape index (κ2) is 8.91. The summed E-state index contributed by atoms with van der Waals surface area (Å²) in [6.45, 7) is 3.64. The number of alkyl halides is 3. The van der Waals surface area contributed by atoms with E-state index in [2.05, 4.69) is 25.3 Å². The highest BCUT2D eigenvalue weighted by molar-refractivity contribution is 7.15. The number of nitrogens with one attached hydrogen (secondary N) is 1. The van der Waals surface area contributed by atoms with Crippen molar-refractivity contribution in [2.45, 2.75) is 44.9 Å². The lowest BCUT2D eigenvalue weighted by Crippen LogP contribution is -2.38. The number of carboxylic acids is 1. The summed E-state index contributed by atoms with van der Waals surface area (Å²) < 4.78 is 38.8. The Balaban J connectivity index is 1.57. The molecule has 1 fully saturated rings. The lowest BCUT2D eigenvalue weighted by Gasteiger charge is -2.37. The van der Waals surface area contributed by atoms with Crippen LogP contribution in [0.4, 0.5) is 24.8 Å². The SMILES string of the molecule is Cc1cc(Nc2cc(C(F)(F)F)ncn2)nc(-c2cnc([C@@]3(O)CCC(C(=O)O)[C@H](C)C3)s2)c1. The number of anilines is 2. The summed E-state index contributed by atoms with van der Waals surface area (Å²) in [5.41, 5.74) is -0.937. The third kappa shape index (κ3) is 5.02. The van der Waals surface area contributed by atoms with Crippen molar-refractivity contribution < 1.29 is 28.2 Å². The molecule has 3 heterocycles. The molecule has 4 rings (SSSR count). The zero-order valence-electron chi connectivity index (χ0n) is 18.3. The number of aromatic nitrogens is 4. The van der Waals surface area contributed by atoms with Gasteiger partial charge >= 0.3 is 12.1 Å². The molecule has 1 aliphatic carbocycles. The molecule has 8 nitrogen and oxygen atoms in total. The highest BCUT2D eigenvalue weighted by Gasteiger charge is 2.43. The van der Waals surface area contributed by atoms with Gasteiger partial charge in [0.2, 0.25) is 0 Å². The van der Waals surface area contributed by atoms with E-state index < -0.39 is 29.4 Å². The van der Waals surface area contributed by atoms with Gasteiger partial charge in [-0.1, -0.05) is 6.92 Å². The number of hydrogen-bond donors (Lipinski definition) is 3. The van der Waals surface area contributed by atoms with Gasteiger partial charge in [0.05, 0.1) is 16.5 Å². The fourth-order valence-corrected chi connectivity index (χ4v) is 5.20. The summed E-state index contributed by atoms with van der Waals surface area (Å²) in [4.78, 5) is 28.0. The van der Waals surface area contributed by atoms with Crippen LogP contribution in [0.15, 0.2) is 30.7 Å². The van der Waals surface area contributed by atoms with Gasteiger partial charge in [0, 0.05) is 12.3 Å². The van der Waals surface area contributed by atoms with E-state index in [4.69, 9.17) is 0 Å². The lowest BCUT2D eigenvalue weighted by molar-refractivity contribution is -0.148. The molecule has 0 radical (unpaired) electrons. The van der Waals surface area contributed by atoms with Crippen LogP contribution in [-0.4, -0.2) is 36.1 Å². The van der Waals surface area contributed by atoms with Crippen LogP contribution >= 0.6 is 11.3 Å². The number of rotatable bonds is 5. The maximum absolute atomic E-state index is 12.9. The fraction of sp³-hybridized carbons (Fsp3) is 0.409. The van der Waals surface area contributed by atoms with Crippen LogP contribution in [0.3, 0.4) is 0 Å². The first-order valence-electron chi connectivity index (χ1n) is 10.5. The molecule has 1 aliphatic rings. The molecule has 0 saturated heterocycles. The maximum atomic E-state index is 12.9. The lowest BCUT2D eigenvalue weighted by atomic mass is 9.72. The van der Waals surface area contributed by atoms with Gasteiger partial charge in [0.1, 0.15) is 34.3 Å². The molecule has 0 bridgehead atoms. The number of carboxylic acid groups (broad SMARTS) is 1. The first kappa shape index (κ1) is 24.0. The average molecular weight is 494 g/mol. The molecule has 1 unspecified atom stereocenters. The van der Waals surface area contributed by atoms with E-state index in [0.29, 0.717) is 40.7 Å². The predicted octanol–water partition coefficient (Wildman–Crippen LogP) is 4.77. The summed E-state index contributed by atoms with van der Waals surface area (Å²) in [6, 6.07) is 4.28. The van der Waals surface area contributed by atoms with Crippen molar-refractivity contribution in [3.8, 4) is 10.6 Å². The van der Waals surface area contributed by atoms with Crippen LogP contribution < -0.4 is 5.32 Å². The molecule has 0 aliphatic heterocycles. The molecule has 1 saturated carbocycles. The molecule has 0 aromatic carbocycles. The molecule has 3 N–H and O–H groups in total. The van der Waals surface area contributed by atoms with Crippen molar-refractivity contribution in [3.05, 3.63) is 47.0 Å². The number of thiazole rings is 1. The van der Waals surface area contributed by atoms with Crippen LogP contribution in [0.5, 0.6) is 0 Å². The summed E-state index contributed by atoms with van der Waals surface area (Å²) in [5, 5.41) is 23.8. The number of carbonyl (C=O) groups is 1. The minimum absolute atomic E-state index is 0.0464. The summed E-state index contributed by atoms with van der Waals surface area (Å²) >= 11 is 1.26. The van der Waals surface area contributed by atoms with Crippen LogP contribution in [-0.2, 0) is 16.6 Å². The van der Waals surface area contributed by atoms with Crippen molar-refractivity contribution in [2.75, 3.05) is 5.32 Å². The summed E-state index contributed by atoms with van der Waals surface area (Å²) in [7, 11) is 0. The van der Waals surface area contributed by atoms with Gasteiger partial charge in [0.15, 0.2) is 0 Å². The van der Waals surface area contributed by atoms with Crippen LogP contribution in [0.25, 0.3) is 10.6 Å². The van der Waals surface area contributed by atoms with Gasteiger partial charge in [-0.05, 0) is 49.8 Å². The topological polar surface area (TPSA) is 121 Å². The highest BCUT2D eigenvalue weighted by Crippen LogP contribution is 2.45. The highest BCUT2D eigenvalue weighted by atomic mass is 32.1. The number of aliphatic hydroxyl groups is 1. The summed E-state index contributed by atoms with van der Waals surface area (Å²) in [6.07, 6.45) is -1.23. The van der Waals surface area contributed by atoms with Gasteiger partial charge in [-0.2, -0.15) is 13.2 Å². The van der Waals surface area contributed by atoms with E-state index in [1.165, 1.54) is 11.3 Å². The molecular weight excluding hydrogens is 471 g/mol. The number of aryl methyl sites for hydroxylation is 1. The van der Waals surface area contributed by atoms with Crippen molar-refractivity contribution in [1.29, 1.82) is 0 Å². The Bertz CT molecular complexity index is 1220. The van der Waals surface area contributed by atoms with E-state index >= 15 is 0 Å². The molecule has 0 spiro atoms. The number of pyridine rings is 1. The largest absolute Gasteiger partial charge is 0.481 e. The van der Waals surface area contributed by atoms with Gasteiger partial charge in [0.25, 0.3) is 0 Å². The van der Waals surface area contributed by atoms with Crippen molar-refractivity contribution in [3.63, 3.8) is 0 Å². The minimum atomic E-state index is -4.59. The van der Waals surface area contributed by atoms with E-state index in [0.717, 1.165) is 18.0 Å². The molecular formula is C22H22F3N5O3S. The molecule has 12 heteroatoms. The first-order valence-corrected chi connectivity index (χ1v) is 11.3. The molecule has 34 heavy (non-hydrogen) atoms. The second-order valence-corrected chi connectivity index (χ2v) is 9.58. The predicted molar refractivity (Wildman–Crippen MR) is 118 cm³/mol.